The Kier molecular flexibility index (Phi) is 5.77. The number of carbonyl (C=O) groups excluding carboxylic acids is 2. The van der Waals surface area contributed by atoms with E-state index in [1.807, 2.05) is 0 Å². The van der Waals surface area contributed by atoms with Crippen molar-refractivity contribution in [2.24, 2.45) is 0 Å². The normalized spacial score (nSPS) is 10.2. The van der Waals surface area contributed by atoms with Crippen LogP contribution in [0.2, 0.25) is 5.02 Å². The Bertz CT molecular complexity index is 901. The van der Waals surface area contributed by atoms with Crippen LogP contribution in [0.5, 0.6) is 11.6 Å². The van der Waals surface area contributed by atoms with Gasteiger partial charge in [0.05, 0.1) is 6.26 Å². The van der Waals surface area contributed by atoms with E-state index in [0.717, 1.165) is 16.8 Å². The van der Waals surface area contributed by atoms with Gasteiger partial charge in [-0.2, -0.15) is 0 Å². The van der Waals surface area contributed by atoms with E-state index >= 15 is 0 Å². The van der Waals surface area contributed by atoms with Crippen molar-refractivity contribution in [3.63, 3.8) is 0 Å². The summed E-state index contributed by atoms with van der Waals surface area (Å²) in [5, 5.41) is 2.56. The summed E-state index contributed by atoms with van der Waals surface area (Å²) in [4.78, 5) is 28.2. The minimum absolute atomic E-state index is 0.0554. The number of hydrogen-bond acceptors (Lipinski definition) is 6. The van der Waals surface area contributed by atoms with Crippen LogP contribution in [-0.2, 0) is 0 Å². The lowest BCUT2D eigenvalue weighted by molar-refractivity contribution is 0.0938. The van der Waals surface area contributed by atoms with Gasteiger partial charge in [0.25, 0.3) is 5.91 Å². The maximum Gasteiger partial charge on any atom is 0.332 e. The third kappa shape index (κ3) is 4.78. The van der Waals surface area contributed by atoms with Gasteiger partial charge in [-0.15, -0.1) is 0 Å². The summed E-state index contributed by atoms with van der Waals surface area (Å²) in [6.45, 7) is 0. The smallest absolute Gasteiger partial charge is 0.332 e. The van der Waals surface area contributed by atoms with Crippen molar-refractivity contribution in [3.8, 4) is 11.6 Å². The molecule has 0 aliphatic heterocycles. The molecular weight excluding hydrogens is 378 g/mol. The molecule has 2 aromatic heterocycles. The highest BCUT2D eigenvalue weighted by Crippen LogP contribution is 2.27. The molecule has 0 aliphatic rings. The van der Waals surface area contributed by atoms with Gasteiger partial charge >= 0.3 is 6.03 Å². The van der Waals surface area contributed by atoms with Crippen LogP contribution in [0.3, 0.4) is 0 Å². The Hall–Kier alpha value is -2.97. The number of amides is 3. The van der Waals surface area contributed by atoms with Crippen molar-refractivity contribution in [2.75, 3.05) is 0 Å². The number of ether oxygens (including phenoxy) is 1. The molecule has 1 aromatic carbocycles. The van der Waals surface area contributed by atoms with Crippen LogP contribution in [0, 0.1) is 0 Å². The van der Waals surface area contributed by atoms with E-state index in [2.05, 4.69) is 15.0 Å². The molecule has 0 bridgehead atoms. The molecule has 0 saturated heterocycles. The molecule has 0 radical (unpaired) electrons. The van der Waals surface area contributed by atoms with Gasteiger partial charge in [0.1, 0.15) is 10.8 Å². The monoisotopic (exact) mass is 389 g/mol. The van der Waals surface area contributed by atoms with Crippen LogP contribution in [0.15, 0.2) is 70.3 Å². The van der Waals surface area contributed by atoms with Gasteiger partial charge in [0.2, 0.25) is 5.88 Å². The van der Waals surface area contributed by atoms with E-state index in [1.165, 1.54) is 12.3 Å². The molecular formula is C17H12ClN3O4S. The van der Waals surface area contributed by atoms with Crippen LogP contribution < -0.4 is 14.8 Å². The highest BCUT2D eigenvalue weighted by molar-refractivity contribution is 7.98. The molecule has 0 unspecified atom stereocenters. The molecule has 132 valence electrons. The number of aromatic nitrogens is 1. The molecule has 0 spiro atoms. The van der Waals surface area contributed by atoms with E-state index in [-0.39, 0.29) is 5.76 Å². The largest absolute Gasteiger partial charge is 0.459 e. The minimum atomic E-state index is -0.656. The zero-order valence-electron chi connectivity index (χ0n) is 13.1. The van der Waals surface area contributed by atoms with Crippen molar-refractivity contribution >= 4 is 35.5 Å². The SMILES string of the molecule is O=C(NSc1ccc(Oc2ncccc2Cl)cc1)NC(=O)c1ccco1. The van der Waals surface area contributed by atoms with Gasteiger partial charge in [-0.05, 0) is 60.5 Å². The van der Waals surface area contributed by atoms with Crippen LogP contribution in [0.4, 0.5) is 4.79 Å². The molecule has 3 rings (SSSR count). The second-order valence-electron chi connectivity index (χ2n) is 4.83. The third-order valence-corrected chi connectivity index (χ3v) is 4.08. The number of nitrogens with one attached hydrogen (secondary N) is 2. The van der Waals surface area contributed by atoms with Crippen molar-refractivity contribution in [3.05, 3.63) is 71.8 Å². The first-order valence-corrected chi connectivity index (χ1v) is 8.51. The average Bonchev–Trinajstić information content (AvgIpc) is 3.18. The number of imide groups is 1. The Morgan fingerprint density at radius 1 is 1.12 bits per heavy atom. The number of carbonyl (C=O) groups is 2. The first kappa shape index (κ1) is 17.8. The molecule has 7 nitrogen and oxygen atoms in total. The summed E-state index contributed by atoms with van der Waals surface area (Å²) >= 11 is 7.03. The summed E-state index contributed by atoms with van der Waals surface area (Å²) in [5.41, 5.74) is 0. The van der Waals surface area contributed by atoms with Crippen LogP contribution >= 0.6 is 23.5 Å². The van der Waals surface area contributed by atoms with E-state index in [1.54, 1.807) is 48.7 Å². The van der Waals surface area contributed by atoms with Gasteiger partial charge in [-0.1, -0.05) is 11.6 Å². The van der Waals surface area contributed by atoms with E-state index in [4.69, 9.17) is 20.8 Å². The number of benzene rings is 1. The summed E-state index contributed by atoms with van der Waals surface area (Å²) < 4.78 is 13.0. The van der Waals surface area contributed by atoms with Crippen LogP contribution in [-0.4, -0.2) is 16.9 Å². The van der Waals surface area contributed by atoms with Gasteiger partial charge < -0.3 is 9.15 Å². The highest BCUT2D eigenvalue weighted by Gasteiger charge is 2.12. The van der Waals surface area contributed by atoms with Crippen molar-refractivity contribution in [1.82, 2.24) is 15.0 Å². The van der Waals surface area contributed by atoms with Crippen molar-refractivity contribution in [2.45, 2.75) is 4.90 Å². The second-order valence-corrected chi connectivity index (χ2v) is 6.12. The lowest BCUT2D eigenvalue weighted by atomic mass is 10.3. The quantitative estimate of drug-likeness (QED) is 0.633. The van der Waals surface area contributed by atoms with Crippen molar-refractivity contribution in [1.29, 1.82) is 0 Å². The van der Waals surface area contributed by atoms with E-state index in [0.29, 0.717) is 16.7 Å². The third-order valence-electron chi connectivity index (χ3n) is 3.00. The fraction of sp³-hybridized carbons (Fsp3) is 0. The Labute approximate surface area is 157 Å². The molecule has 2 N–H and O–H groups in total. The predicted octanol–water partition coefficient (Wildman–Crippen LogP) is 4.27. The van der Waals surface area contributed by atoms with Gasteiger partial charge in [0.15, 0.2) is 5.76 Å². The lowest BCUT2D eigenvalue weighted by Gasteiger charge is -2.07. The van der Waals surface area contributed by atoms with E-state index in [9.17, 15) is 9.59 Å². The average molecular weight is 390 g/mol. The number of furan rings is 1. The Balaban J connectivity index is 1.50. The second kappa shape index (κ2) is 8.41. The number of nitrogens with zero attached hydrogens (tertiary/aromatic N) is 1. The van der Waals surface area contributed by atoms with Crippen LogP contribution in [0.25, 0.3) is 0 Å². The molecule has 0 atom stereocenters. The van der Waals surface area contributed by atoms with Gasteiger partial charge in [0, 0.05) is 11.1 Å². The first-order valence-electron chi connectivity index (χ1n) is 7.32. The summed E-state index contributed by atoms with van der Waals surface area (Å²) in [7, 11) is 0. The van der Waals surface area contributed by atoms with Crippen molar-refractivity contribution < 1.29 is 18.7 Å². The summed E-state index contributed by atoms with van der Waals surface area (Å²) in [6.07, 6.45) is 2.93. The molecule has 2 heterocycles. The minimum Gasteiger partial charge on any atom is -0.459 e. The molecule has 0 aliphatic carbocycles. The molecule has 9 heteroatoms. The zero-order chi connectivity index (χ0) is 18.4. The Morgan fingerprint density at radius 2 is 1.92 bits per heavy atom. The fourth-order valence-electron chi connectivity index (χ4n) is 1.84. The van der Waals surface area contributed by atoms with Crippen LogP contribution in [0.1, 0.15) is 10.6 Å². The summed E-state index contributed by atoms with van der Waals surface area (Å²) in [5.74, 6) is 0.292. The molecule has 3 aromatic rings. The first-order chi connectivity index (χ1) is 12.6. The lowest BCUT2D eigenvalue weighted by Crippen LogP contribution is -2.36. The fourth-order valence-corrected chi connectivity index (χ4v) is 2.53. The Morgan fingerprint density at radius 3 is 2.62 bits per heavy atom. The molecule has 0 saturated carbocycles. The standard InChI is InChI=1S/C17H12ClN3O4S/c18-13-3-1-9-19-16(13)25-11-5-7-12(8-6-11)26-21-17(23)20-15(22)14-4-2-10-24-14/h1-10H,(H2,20,21,22,23). The van der Waals surface area contributed by atoms with Gasteiger partial charge in [-0.3, -0.25) is 14.8 Å². The predicted molar refractivity (Wildman–Crippen MR) is 96.3 cm³/mol. The number of rotatable bonds is 5. The van der Waals surface area contributed by atoms with Gasteiger partial charge in [-0.25, -0.2) is 9.78 Å². The zero-order valence-corrected chi connectivity index (χ0v) is 14.7. The maximum atomic E-state index is 11.7. The molecule has 3 amide bonds. The number of urea groups is 1. The number of hydrogen-bond donors (Lipinski definition) is 2. The molecule has 26 heavy (non-hydrogen) atoms. The maximum absolute atomic E-state index is 11.7. The molecule has 0 fully saturated rings. The number of pyridine rings is 1. The highest BCUT2D eigenvalue weighted by atomic mass is 35.5. The summed E-state index contributed by atoms with van der Waals surface area (Å²) in [6, 6.07) is 12.7. The number of halogens is 1. The topological polar surface area (TPSA) is 93.5 Å². The van der Waals surface area contributed by atoms with E-state index < -0.39 is 11.9 Å².